The van der Waals surface area contributed by atoms with Crippen molar-refractivity contribution in [3.63, 3.8) is 0 Å². The lowest BCUT2D eigenvalue weighted by Crippen LogP contribution is -2.39. The Labute approximate surface area is 216 Å². The zero-order valence-electron chi connectivity index (χ0n) is 20.1. The molecule has 1 heterocycles. The number of likely N-dealkylation sites (tertiary alicyclic amines) is 1. The van der Waals surface area contributed by atoms with Crippen LogP contribution in [0.15, 0.2) is 72.8 Å². The number of para-hydroxylation sites is 1. The monoisotopic (exact) mass is 506 g/mol. The van der Waals surface area contributed by atoms with Crippen molar-refractivity contribution >= 4 is 35.0 Å². The first kappa shape index (κ1) is 25.7. The van der Waals surface area contributed by atoms with Gasteiger partial charge in [0.25, 0.3) is 0 Å². The van der Waals surface area contributed by atoms with E-state index in [4.69, 9.17) is 22.1 Å². The number of hydrogen-bond donors (Lipinski definition) is 3. The summed E-state index contributed by atoms with van der Waals surface area (Å²) in [6, 6.07) is 23.0. The molecule has 4 rings (SSSR count). The fraction of sp³-hybridized carbons (Fsp3) is 0.286. The average Bonchev–Trinajstić information content (AvgIpc) is 2.90. The van der Waals surface area contributed by atoms with Gasteiger partial charge in [-0.25, -0.2) is 4.79 Å². The molecule has 0 saturated carbocycles. The normalized spacial score (nSPS) is 14.3. The van der Waals surface area contributed by atoms with E-state index in [2.05, 4.69) is 15.5 Å². The fourth-order valence-electron chi connectivity index (χ4n) is 4.26. The van der Waals surface area contributed by atoms with Crippen LogP contribution in [0.3, 0.4) is 0 Å². The molecule has 7 nitrogen and oxygen atoms in total. The van der Waals surface area contributed by atoms with Crippen LogP contribution >= 0.6 is 11.6 Å². The summed E-state index contributed by atoms with van der Waals surface area (Å²) in [4.78, 5) is 27.2. The molecule has 0 bridgehead atoms. The summed E-state index contributed by atoms with van der Waals surface area (Å²) in [5.74, 6) is -0.0905. The van der Waals surface area contributed by atoms with Gasteiger partial charge < -0.3 is 20.7 Å². The average molecular weight is 507 g/mol. The third-order valence-corrected chi connectivity index (χ3v) is 6.57. The van der Waals surface area contributed by atoms with E-state index in [9.17, 15) is 9.59 Å². The summed E-state index contributed by atoms with van der Waals surface area (Å²) < 4.78 is 5.69. The molecule has 8 heteroatoms. The molecule has 3 aromatic carbocycles. The van der Waals surface area contributed by atoms with E-state index in [0.717, 1.165) is 48.3 Å². The standard InChI is InChI=1S/C28H31ClN4O3/c29-24-18-20(19-30)10-11-26(24)31-27(34)14-17-33-15-12-22(13-16-33)36-28(35)32-25-9-5-4-8-23(25)21-6-2-1-3-7-21/h1-11,18,22H,12-17,19,30H2,(H,31,34)(H,32,35). The van der Waals surface area contributed by atoms with Gasteiger partial charge in [0.15, 0.2) is 0 Å². The van der Waals surface area contributed by atoms with Gasteiger partial charge in [-0.15, -0.1) is 0 Å². The molecule has 2 amide bonds. The largest absolute Gasteiger partial charge is 0.446 e. The Morgan fingerprint density at radius 2 is 1.67 bits per heavy atom. The number of carbonyl (C=O) groups excluding carboxylic acids is 2. The molecular formula is C28H31ClN4O3. The van der Waals surface area contributed by atoms with Crippen molar-refractivity contribution in [2.75, 3.05) is 30.3 Å². The van der Waals surface area contributed by atoms with Crippen molar-refractivity contribution in [3.8, 4) is 11.1 Å². The van der Waals surface area contributed by atoms with Gasteiger partial charge in [0, 0.05) is 38.2 Å². The number of anilines is 2. The molecule has 0 aromatic heterocycles. The molecule has 1 aliphatic rings. The number of benzene rings is 3. The Bertz CT molecular complexity index is 1180. The Hall–Kier alpha value is -3.39. The molecule has 0 radical (unpaired) electrons. The highest BCUT2D eigenvalue weighted by Gasteiger charge is 2.23. The second-order valence-electron chi connectivity index (χ2n) is 8.80. The third kappa shape index (κ3) is 7.07. The smallest absolute Gasteiger partial charge is 0.411 e. The number of amides is 2. The molecule has 1 saturated heterocycles. The Balaban J connectivity index is 1.20. The molecule has 188 valence electrons. The van der Waals surface area contributed by atoms with Gasteiger partial charge in [-0.05, 0) is 42.2 Å². The van der Waals surface area contributed by atoms with Gasteiger partial charge in [0.1, 0.15) is 6.10 Å². The van der Waals surface area contributed by atoms with Gasteiger partial charge in [-0.1, -0.05) is 66.2 Å². The highest BCUT2D eigenvalue weighted by Crippen LogP contribution is 2.28. The van der Waals surface area contributed by atoms with Crippen LogP contribution in [0, 0.1) is 0 Å². The van der Waals surface area contributed by atoms with Crippen LogP contribution in [0.25, 0.3) is 11.1 Å². The Morgan fingerprint density at radius 1 is 0.944 bits per heavy atom. The van der Waals surface area contributed by atoms with Crippen LogP contribution in [0.4, 0.5) is 16.2 Å². The molecule has 0 atom stereocenters. The van der Waals surface area contributed by atoms with Gasteiger partial charge in [0.2, 0.25) is 5.91 Å². The number of nitrogens with zero attached hydrogens (tertiary/aromatic N) is 1. The highest BCUT2D eigenvalue weighted by atomic mass is 35.5. The summed E-state index contributed by atoms with van der Waals surface area (Å²) in [6.45, 7) is 2.56. The molecule has 1 aliphatic heterocycles. The summed E-state index contributed by atoms with van der Waals surface area (Å²) in [5.41, 5.74) is 9.81. The van der Waals surface area contributed by atoms with Gasteiger partial charge in [-0.2, -0.15) is 0 Å². The van der Waals surface area contributed by atoms with Crippen molar-refractivity contribution in [2.45, 2.75) is 31.9 Å². The van der Waals surface area contributed by atoms with Crippen LogP contribution in [0.1, 0.15) is 24.8 Å². The lowest BCUT2D eigenvalue weighted by Gasteiger charge is -2.31. The van der Waals surface area contributed by atoms with Gasteiger partial charge in [0.05, 0.1) is 16.4 Å². The summed E-state index contributed by atoms with van der Waals surface area (Å²) in [6.07, 6.45) is 1.20. The molecule has 3 aromatic rings. The van der Waals surface area contributed by atoms with Crippen molar-refractivity contribution in [3.05, 3.63) is 83.4 Å². The predicted octanol–water partition coefficient (Wildman–Crippen LogP) is 5.51. The number of piperidine rings is 1. The molecular weight excluding hydrogens is 476 g/mol. The van der Waals surface area contributed by atoms with E-state index >= 15 is 0 Å². The van der Waals surface area contributed by atoms with E-state index in [1.807, 2.05) is 60.7 Å². The molecule has 36 heavy (non-hydrogen) atoms. The highest BCUT2D eigenvalue weighted by molar-refractivity contribution is 6.33. The second-order valence-corrected chi connectivity index (χ2v) is 9.21. The zero-order chi connectivity index (χ0) is 25.3. The zero-order valence-corrected chi connectivity index (χ0v) is 20.8. The van der Waals surface area contributed by atoms with E-state index in [-0.39, 0.29) is 12.0 Å². The maximum absolute atomic E-state index is 12.6. The first-order valence-electron chi connectivity index (χ1n) is 12.1. The van der Waals surface area contributed by atoms with Crippen LogP contribution in [-0.2, 0) is 16.1 Å². The van der Waals surface area contributed by atoms with E-state index in [1.54, 1.807) is 12.1 Å². The first-order chi connectivity index (χ1) is 17.5. The van der Waals surface area contributed by atoms with Crippen LogP contribution in [0.5, 0.6) is 0 Å². The van der Waals surface area contributed by atoms with E-state index in [0.29, 0.717) is 30.2 Å². The summed E-state index contributed by atoms with van der Waals surface area (Å²) in [7, 11) is 0. The SMILES string of the molecule is NCc1ccc(NC(=O)CCN2CCC(OC(=O)Nc3ccccc3-c3ccccc3)CC2)c(Cl)c1. The number of ether oxygens (including phenoxy) is 1. The number of hydrogen-bond acceptors (Lipinski definition) is 5. The summed E-state index contributed by atoms with van der Waals surface area (Å²) >= 11 is 6.22. The maximum Gasteiger partial charge on any atom is 0.411 e. The quantitative estimate of drug-likeness (QED) is 0.374. The van der Waals surface area contributed by atoms with E-state index < -0.39 is 6.09 Å². The van der Waals surface area contributed by atoms with Gasteiger partial charge in [-0.3, -0.25) is 10.1 Å². The predicted molar refractivity (Wildman–Crippen MR) is 144 cm³/mol. The molecule has 1 fully saturated rings. The fourth-order valence-corrected chi connectivity index (χ4v) is 4.51. The van der Waals surface area contributed by atoms with Crippen molar-refractivity contribution in [1.29, 1.82) is 0 Å². The number of nitrogens with one attached hydrogen (secondary N) is 2. The van der Waals surface area contributed by atoms with Crippen LogP contribution in [-0.4, -0.2) is 42.6 Å². The molecule has 0 aliphatic carbocycles. The molecule has 4 N–H and O–H groups in total. The number of rotatable bonds is 8. The third-order valence-electron chi connectivity index (χ3n) is 6.26. The summed E-state index contributed by atoms with van der Waals surface area (Å²) in [5, 5.41) is 6.24. The second kappa shape index (κ2) is 12.5. The van der Waals surface area contributed by atoms with Gasteiger partial charge >= 0.3 is 6.09 Å². The minimum absolute atomic E-state index is 0.0905. The minimum atomic E-state index is -0.450. The Morgan fingerprint density at radius 3 is 2.39 bits per heavy atom. The number of nitrogens with two attached hydrogens (primary N) is 1. The van der Waals surface area contributed by atoms with Crippen molar-refractivity contribution < 1.29 is 14.3 Å². The van der Waals surface area contributed by atoms with E-state index in [1.165, 1.54) is 0 Å². The molecule has 0 spiro atoms. The topological polar surface area (TPSA) is 96.7 Å². The number of carbonyl (C=O) groups is 2. The molecule has 0 unspecified atom stereocenters. The first-order valence-corrected chi connectivity index (χ1v) is 12.5. The van der Waals surface area contributed by atoms with Crippen LogP contribution < -0.4 is 16.4 Å². The lowest BCUT2D eigenvalue weighted by molar-refractivity contribution is -0.116. The van der Waals surface area contributed by atoms with Crippen LogP contribution in [0.2, 0.25) is 5.02 Å². The Kier molecular flexibility index (Phi) is 8.95. The minimum Gasteiger partial charge on any atom is -0.446 e. The maximum atomic E-state index is 12.6. The number of halogens is 1. The van der Waals surface area contributed by atoms with Crippen molar-refractivity contribution in [1.82, 2.24) is 4.90 Å². The van der Waals surface area contributed by atoms with Crippen molar-refractivity contribution in [2.24, 2.45) is 5.73 Å². The lowest BCUT2D eigenvalue weighted by atomic mass is 10.0.